The van der Waals surface area contributed by atoms with Crippen LogP contribution >= 0.6 is 15.9 Å². The molecule has 0 atom stereocenters. The summed E-state index contributed by atoms with van der Waals surface area (Å²) >= 11 is 3.46. The lowest BCUT2D eigenvalue weighted by molar-refractivity contribution is 0.335. The van der Waals surface area contributed by atoms with Crippen molar-refractivity contribution in [3.05, 3.63) is 33.8 Å². The summed E-state index contributed by atoms with van der Waals surface area (Å²) in [6.45, 7) is 4.76. The van der Waals surface area contributed by atoms with E-state index in [1.807, 2.05) is 0 Å². The number of aryl methyl sites for hydroxylation is 1. The van der Waals surface area contributed by atoms with Crippen LogP contribution in [0.25, 0.3) is 0 Å². The first-order valence-electron chi connectivity index (χ1n) is 4.77. The van der Waals surface area contributed by atoms with Crippen LogP contribution in [0.3, 0.4) is 0 Å². The minimum atomic E-state index is 0.714. The Morgan fingerprint density at radius 2 is 2.14 bits per heavy atom. The number of likely N-dealkylation sites (N-methyl/N-ethyl adjacent to an activating group) is 1. The second-order valence-electron chi connectivity index (χ2n) is 3.60. The molecule has 1 aromatic rings. The van der Waals surface area contributed by atoms with Crippen LogP contribution in [0, 0.1) is 6.92 Å². The molecule has 0 fully saturated rings. The van der Waals surface area contributed by atoms with Gasteiger partial charge in [-0.25, -0.2) is 0 Å². The summed E-state index contributed by atoms with van der Waals surface area (Å²) in [4.78, 5) is 2.23. The number of nitrogens with two attached hydrogens (primary N) is 1. The number of hydrogen-bond donors (Lipinski definition) is 1. The number of benzene rings is 1. The molecule has 0 aliphatic carbocycles. The van der Waals surface area contributed by atoms with Crippen molar-refractivity contribution in [1.82, 2.24) is 4.90 Å². The molecule has 0 aliphatic heterocycles. The smallest absolute Gasteiger partial charge is 0.0233 e. The molecule has 3 heteroatoms. The van der Waals surface area contributed by atoms with E-state index in [4.69, 9.17) is 5.73 Å². The van der Waals surface area contributed by atoms with Crippen molar-refractivity contribution in [1.29, 1.82) is 0 Å². The third-order valence-electron chi connectivity index (χ3n) is 2.26. The Morgan fingerprint density at radius 3 is 2.71 bits per heavy atom. The Kier molecular flexibility index (Phi) is 4.58. The molecular weight excluding hydrogens is 240 g/mol. The van der Waals surface area contributed by atoms with Crippen LogP contribution in [0.4, 0.5) is 0 Å². The third-order valence-corrected chi connectivity index (χ3v) is 2.75. The minimum Gasteiger partial charge on any atom is -0.329 e. The number of hydrogen-bond acceptors (Lipinski definition) is 2. The first-order chi connectivity index (χ1) is 6.63. The summed E-state index contributed by atoms with van der Waals surface area (Å²) in [6.07, 6.45) is 0. The van der Waals surface area contributed by atoms with Gasteiger partial charge in [-0.15, -0.1) is 0 Å². The van der Waals surface area contributed by atoms with Crippen LogP contribution in [-0.4, -0.2) is 25.0 Å². The number of halogens is 1. The van der Waals surface area contributed by atoms with Crippen LogP contribution in [0.15, 0.2) is 22.7 Å². The van der Waals surface area contributed by atoms with Crippen molar-refractivity contribution in [2.24, 2.45) is 5.73 Å². The van der Waals surface area contributed by atoms with Gasteiger partial charge in [-0.3, -0.25) is 0 Å². The van der Waals surface area contributed by atoms with Gasteiger partial charge in [0.2, 0.25) is 0 Å². The Bertz CT molecular complexity index is 299. The molecule has 0 heterocycles. The molecule has 2 nitrogen and oxygen atoms in total. The zero-order valence-corrected chi connectivity index (χ0v) is 10.3. The number of rotatable bonds is 4. The normalized spacial score (nSPS) is 10.9. The topological polar surface area (TPSA) is 29.3 Å². The average Bonchev–Trinajstić information content (AvgIpc) is 2.10. The van der Waals surface area contributed by atoms with E-state index in [9.17, 15) is 0 Å². The van der Waals surface area contributed by atoms with Gasteiger partial charge < -0.3 is 10.6 Å². The van der Waals surface area contributed by atoms with E-state index in [1.165, 1.54) is 11.1 Å². The highest BCUT2D eigenvalue weighted by Gasteiger charge is 2.02. The fraction of sp³-hybridized carbons (Fsp3) is 0.455. The highest BCUT2D eigenvalue weighted by molar-refractivity contribution is 9.10. The van der Waals surface area contributed by atoms with Crippen LogP contribution in [0.5, 0.6) is 0 Å². The van der Waals surface area contributed by atoms with E-state index in [0.717, 1.165) is 17.6 Å². The third kappa shape index (κ3) is 3.40. The van der Waals surface area contributed by atoms with Gasteiger partial charge in [-0.2, -0.15) is 0 Å². The molecule has 14 heavy (non-hydrogen) atoms. The molecule has 0 aliphatic rings. The molecule has 0 spiro atoms. The SMILES string of the molecule is Cc1cc(Br)ccc1CN(C)CCN. The van der Waals surface area contributed by atoms with Crippen molar-refractivity contribution in [3.63, 3.8) is 0 Å². The van der Waals surface area contributed by atoms with Crippen LogP contribution in [0.2, 0.25) is 0 Å². The summed E-state index contributed by atoms with van der Waals surface area (Å²) < 4.78 is 1.14. The first-order valence-corrected chi connectivity index (χ1v) is 5.56. The van der Waals surface area contributed by atoms with Crippen molar-refractivity contribution in [2.75, 3.05) is 20.1 Å². The van der Waals surface area contributed by atoms with E-state index < -0.39 is 0 Å². The summed E-state index contributed by atoms with van der Waals surface area (Å²) in [5.41, 5.74) is 8.18. The van der Waals surface area contributed by atoms with Gasteiger partial charge in [0.25, 0.3) is 0 Å². The molecule has 0 unspecified atom stereocenters. The van der Waals surface area contributed by atoms with Crippen molar-refractivity contribution < 1.29 is 0 Å². The minimum absolute atomic E-state index is 0.714. The lowest BCUT2D eigenvalue weighted by Crippen LogP contribution is -2.25. The van der Waals surface area contributed by atoms with E-state index in [0.29, 0.717) is 6.54 Å². The van der Waals surface area contributed by atoms with E-state index >= 15 is 0 Å². The molecule has 2 N–H and O–H groups in total. The summed E-state index contributed by atoms with van der Waals surface area (Å²) in [5.74, 6) is 0. The maximum absolute atomic E-state index is 5.50. The van der Waals surface area contributed by atoms with Gasteiger partial charge in [0.1, 0.15) is 0 Å². The van der Waals surface area contributed by atoms with Crippen molar-refractivity contribution in [2.45, 2.75) is 13.5 Å². The summed E-state index contributed by atoms with van der Waals surface area (Å²) in [6, 6.07) is 6.39. The predicted octanol–water partition coefficient (Wildman–Crippen LogP) is 2.15. The summed E-state index contributed by atoms with van der Waals surface area (Å²) in [5, 5.41) is 0. The Balaban J connectivity index is 2.67. The van der Waals surface area contributed by atoms with Gasteiger partial charge in [-0.1, -0.05) is 22.0 Å². The lowest BCUT2D eigenvalue weighted by Gasteiger charge is -2.16. The highest BCUT2D eigenvalue weighted by atomic mass is 79.9. The second-order valence-corrected chi connectivity index (χ2v) is 4.51. The molecule has 0 amide bonds. The van der Waals surface area contributed by atoms with E-state index in [-0.39, 0.29) is 0 Å². The molecule has 0 bridgehead atoms. The fourth-order valence-electron chi connectivity index (χ4n) is 1.43. The second kappa shape index (κ2) is 5.49. The molecule has 0 saturated carbocycles. The van der Waals surface area contributed by atoms with E-state index in [1.54, 1.807) is 0 Å². The molecular formula is C11H17BrN2. The monoisotopic (exact) mass is 256 g/mol. The summed E-state index contributed by atoms with van der Waals surface area (Å²) in [7, 11) is 2.09. The highest BCUT2D eigenvalue weighted by Crippen LogP contribution is 2.16. The first kappa shape index (κ1) is 11.7. The Labute approximate surface area is 94.2 Å². The predicted molar refractivity (Wildman–Crippen MR) is 64.3 cm³/mol. The van der Waals surface area contributed by atoms with Crippen LogP contribution in [0.1, 0.15) is 11.1 Å². The molecule has 78 valence electrons. The van der Waals surface area contributed by atoms with Gasteiger partial charge in [0.15, 0.2) is 0 Å². The largest absolute Gasteiger partial charge is 0.329 e. The molecule has 1 aromatic carbocycles. The maximum atomic E-state index is 5.50. The zero-order chi connectivity index (χ0) is 10.6. The molecule has 0 radical (unpaired) electrons. The van der Waals surface area contributed by atoms with Gasteiger partial charge in [-0.05, 0) is 37.2 Å². The Hall–Kier alpha value is -0.380. The van der Waals surface area contributed by atoms with Gasteiger partial charge >= 0.3 is 0 Å². The van der Waals surface area contributed by atoms with Crippen LogP contribution in [-0.2, 0) is 6.54 Å². The van der Waals surface area contributed by atoms with Gasteiger partial charge in [0, 0.05) is 24.1 Å². The van der Waals surface area contributed by atoms with Crippen molar-refractivity contribution in [3.8, 4) is 0 Å². The molecule has 0 aromatic heterocycles. The quantitative estimate of drug-likeness (QED) is 0.895. The van der Waals surface area contributed by atoms with E-state index in [2.05, 4.69) is 53.0 Å². The molecule has 0 saturated heterocycles. The zero-order valence-electron chi connectivity index (χ0n) is 8.76. The maximum Gasteiger partial charge on any atom is 0.0233 e. The van der Waals surface area contributed by atoms with Gasteiger partial charge in [0.05, 0.1) is 0 Å². The number of nitrogens with zero attached hydrogens (tertiary/aromatic N) is 1. The average molecular weight is 257 g/mol. The van der Waals surface area contributed by atoms with Crippen LogP contribution < -0.4 is 5.73 Å². The Morgan fingerprint density at radius 1 is 1.43 bits per heavy atom. The standard InChI is InChI=1S/C11H17BrN2/c1-9-7-11(12)4-3-10(9)8-14(2)6-5-13/h3-4,7H,5-6,8,13H2,1-2H3. The fourth-order valence-corrected chi connectivity index (χ4v) is 1.90. The molecule has 1 rings (SSSR count). The lowest BCUT2D eigenvalue weighted by atomic mass is 10.1. The van der Waals surface area contributed by atoms with Crippen molar-refractivity contribution >= 4 is 15.9 Å².